The molecular weight excluding hydrogens is 362 g/mol. The van der Waals surface area contributed by atoms with Gasteiger partial charge >= 0.3 is 0 Å². The van der Waals surface area contributed by atoms with E-state index >= 15 is 0 Å². The first-order valence-corrected chi connectivity index (χ1v) is 10.6. The SMILES string of the molecule is CCNC(=NCCc1ccc(OCc2ccccc2)cc1)N1CCC(COC)C1. The van der Waals surface area contributed by atoms with Crippen molar-refractivity contribution in [3.05, 3.63) is 65.7 Å². The molecule has 0 radical (unpaired) electrons. The topological polar surface area (TPSA) is 46.1 Å². The van der Waals surface area contributed by atoms with E-state index in [1.54, 1.807) is 7.11 Å². The Bertz CT molecular complexity index is 746. The number of hydrogen-bond acceptors (Lipinski definition) is 3. The zero-order chi connectivity index (χ0) is 20.3. The molecule has 0 amide bonds. The molecule has 1 aliphatic rings. The van der Waals surface area contributed by atoms with E-state index in [1.807, 2.05) is 30.3 Å². The number of ether oxygens (including phenoxy) is 2. The third-order valence-corrected chi connectivity index (χ3v) is 5.16. The minimum atomic E-state index is 0.594. The van der Waals surface area contributed by atoms with E-state index in [0.29, 0.717) is 12.5 Å². The number of guanidine groups is 1. The maximum absolute atomic E-state index is 5.86. The molecule has 0 spiro atoms. The molecule has 0 aliphatic carbocycles. The molecule has 5 nitrogen and oxygen atoms in total. The monoisotopic (exact) mass is 395 g/mol. The Hall–Kier alpha value is -2.53. The van der Waals surface area contributed by atoms with Gasteiger partial charge in [-0.25, -0.2) is 0 Å². The zero-order valence-corrected chi connectivity index (χ0v) is 17.6. The summed E-state index contributed by atoms with van der Waals surface area (Å²) < 4.78 is 11.2. The number of aliphatic imine (C=N–C) groups is 1. The van der Waals surface area contributed by atoms with Crippen LogP contribution in [-0.2, 0) is 17.8 Å². The van der Waals surface area contributed by atoms with Gasteiger partial charge in [-0.1, -0.05) is 42.5 Å². The molecule has 2 aromatic carbocycles. The predicted octanol–water partition coefficient (Wildman–Crippen LogP) is 3.74. The van der Waals surface area contributed by atoms with Crippen molar-refractivity contribution in [3.63, 3.8) is 0 Å². The van der Waals surface area contributed by atoms with Gasteiger partial charge < -0.3 is 19.7 Å². The smallest absolute Gasteiger partial charge is 0.193 e. The number of nitrogens with one attached hydrogen (secondary N) is 1. The van der Waals surface area contributed by atoms with E-state index in [4.69, 9.17) is 14.5 Å². The highest BCUT2D eigenvalue weighted by atomic mass is 16.5. The Morgan fingerprint density at radius 3 is 2.62 bits per heavy atom. The number of nitrogens with zero attached hydrogens (tertiary/aromatic N) is 2. The van der Waals surface area contributed by atoms with Gasteiger partial charge in [-0.3, -0.25) is 4.99 Å². The highest BCUT2D eigenvalue weighted by Crippen LogP contribution is 2.17. The molecule has 3 rings (SSSR count). The number of methoxy groups -OCH3 is 1. The van der Waals surface area contributed by atoms with Crippen LogP contribution in [0, 0.1) is 5.92 Å². The van der Waals surface area contributed by atoms with Crippen molar-refractivity contribution < 1.29 is 9.47 Å². The largest absolute Gasteiger partial charge is 0.489 e. The minimum Gasteiger partial charge on any atom is -0.489 e. The number of likely N-dealkylation sites (tertiary alicyclic amines) is 1. The molecule has 0 aromatic heterocycles. The van der Waals surface area contributed by atoms with Crippen molar-refractivity contribution in [1.82, 2.24) is 10.2 Å². The molecule has 1 unspecified atom stereocenters. The molecule has 156 valence electrons. The average Bonchev–Trinajstić information content (AvgIpc) is 3.22. The number of hydrogen-bond donors (Lipinski definition) is 1. The van der Waals surface area contributed by atoms with Crippen molar-refractivity contribution in [3.8, 4) is 5.75 Å². The summed E-state index contributed by atoms with van der Waals surface area (Å²) in [4.78, 5) is 7.20. The van der Waals surface area contributed by atoms with Crippen LogP contribution in [-0.4, -0.2) is 50.8 Å². The quantitative estimate of drug-likeness (QED) is 0.519. The second-order valence-corrected chi connectivity index (χ2v) is 7.46. The molecule has 1 heterocycles. The second-order valence-electron chi connectivity index (χ2n) is 7.46. The molecule has 2 aromatic rings. The van der Waals surface area contributed by atoms with Crippen LogP contribution >= 0.6 is 0 Å². The van der Waals surface area contributed by atoms with Crippen molar-refractivity contribution >= 4 is 5.96 Å². The fraction of sp³-hybridized carbons (Fsp3) is 0.458. The number of benzene rings is 2. The Kier molecular flexibility index (Phi) is 8.38. The molecule has 1 aliphatic heterocycles. The van der Waals surface area contributed by atoms with Crippen molar-refractivity contribution in [2.75, 3.05) is 39.9 Å². The minimum absolute atomic E-state index is 0.594. The van der Waals surface area contributed by atoms with E-state index in [0.717, 1.165) is 50.9 Å². The highest BCUT2D eigenvalue weighted by Gasteiger charge is 2.24. The summed E-state index contributed by atoms with van der Waals surface area (Å²) >= 11 is 0. The van der Waals surface area contributed by atoms with E-state index in [1.165, 1.54) is 17.5 Å². The summed E-state index contributed by atoms with van der Waals surface area (Å²) in [5.41, 5.74) is 2.45. The van der Waals surface area contributed by atoms with Crippen molar-refractivity contribution in [2.24, 2.45) is 10.9 Å². The molecular formula is C24H33N3O2. The summed E-state index contributed by atoms with van der Waals surface area (Å²) in [5.74, 6) is 2.52. The number of rotatable bonds is 9. The van der Waals surface area contributed by atoms with Gasteiger partial charge in [-0.15, -0.1) is 0 Å². The summed E-state index contributed by atoms with van der Waals surface area (Å²) in [5, 5.41) is 3.43. The van der Waals surface area contributed by atoms with E-state index in [2.05, 4.69) is 41.4 Å². The Labute approximate surface area is 174 Å². The van der Waals surface area contributed by atoms with Crippen LogP contribution in [0.15, 0.2) is 59.6 Å². The molecule has 1 saturated heterocycles. The van der Waals surface area contributed by atoms with Crippen LogP contribution in [0.3, 0.4) is 0 Å². The Balaban J connectivity index is 1.47. The molecule has 1 atom stereocenters. The van der Waals surface area contributed by atoms with Gasteiger partial charge in [0.2, 0.25) is 0 Å². The lowest BCUT2D eigenvalue weighted by Gasteiger charge is -2.21. The lowest BCUT2D eigenvalue weighted by atomic mass is 10.1. The molecule has 1 fully saturated rings. The lowest BCUT2D eigenvalue weighted by molar-refractivity contribution is 0.157. The van der Waals surface area contributed by atoms with Crippen molar-refractivity contribution in [1.29, 1.82) is 0 Å². The first-order chi connectivity index (χ1) is 14.3. The molecule has 0 saturated carbocycles. The highest BCUT2D eigenvalue weighted by molar-refractivity contribution is 5.80. The second kappa shape index (κ2) is 11.5. The van der Waals surface area contributed by atoms with Gasteiger partial charge in [0.05, 0.1) is 6.61 Å². The third kappa shape index (κ3) is 6.79. The van der Waals surface area contributed by atoms with Gasteiger partial charge in [-0.2, -0.15) is 0 Å². The lowest BCUT2D eigenvalue weighted by Crippen LogP contribution is -2.40. The maximum Gasteiger partial charge on any atom is 0.193 e. The van der Waals surface area contributed by atoms with Crippen LogP contribution in [0.2, 0.25) is 0 Å². The summed E-state index contributed by atoms with van der Waals surface area (Å²) in [7, 11) is 1.78. The van der Waals surface area contributed by atoms with Gasteiger partial charge in [0, 0.05) is 39.2 Å². The van der Waals surface area contributed by atoms with Crippen LogP contribution < -0.4 is 10.1 Å². The molecule has 5 heteroatoms. The van der Waals surface area contributed by atoms with Crippen LogP contribution in [0.1, 0.15) is 24.5 Å². The predicted molar refractivity (Wildman–Crippen MR) is 118 cm³/mol. The molecule has 29 heavy (non-hydrogen) atoms. The Morgan fingerprint density at radius 1 is 1.10 bits per heavy atom. The first-order valence-electron chi connectivity index (χ1n) is 10.6. The first kappa shape index (κ1) is 21.2. The third-order valence-electron chi connectivity index (χ3n) is 5.16. The molecule has 0 bridgehead atoms. The van der Waals surface area contributed by atoms with E-state index < -0.39 is 0 Å². The molecule has 1 N–H and O–H groups in total. The summed E-state index contributed by atoms with van der Waals surface area (Å²) in [6.45, 7) is 7.27. The maximum atomic E-state index is 5.86. The van der Waals surface area contributed by atoms with Gasteiger partial charge in [0.15, 0.2) is 5.96 Å². The zero-order valence-electron chi connectivity index (χ0n) is 17.6. The van der Waals surface area contributed by atoms with E-state index in [-0.39, 0.29) is 0 Å². The van der Waals surface area contributed by atoms with Crippen LogP contribution in [0.5, 0.6) is 5.75 Å². The summed E-state index contributed by atoms with van der Waals surface area (Å²) in [6, 6.07) is 18.6. The average molecular weight is 396 g/mol. The van der Waals surface area contributed by atoms with Crippen LogP contribution in [0.25, 0.3) is 0 Å². The fourth-order valence-corrected chi connectivity index (χ4v) is 3.61. The van der Waals surface area contributed by atoms with Gasteiger partial charge in [-0.05, 0) is 43.0 Å². The summed E-state index contributed by atoms with van der Waals surface area (Å²) in [6.07, 6.45) is 2.09. The normalized spacial score (nSPS) is 16.8. The van der Waals surface area contributed by atoms with Gasteiger partial charge in [0.1, 0.15) is 12.4 Å². The standard InChI is InChI=1S/C24H33N3O2/c1-3-25-24(27-16-14-22(17-27)18-28-2)26-15-13-20-9-11-23(12-10-20)29-19-21-7-5-4-6-8-21/h4-12,22H,3,13-19H2,1-2H3,(H,25,26). The van der Waals surface area contributed by atoms with Crippen molar-refractivity contribution in [2.45, 2.75) is 26.4 Å². The van der Waals surface area contributed by atoms with Gasteiger partial charge in [0.25, 0.3) is 0 Å². The Morgan fingerprint density at radius 2 is 1.90 bits per heavy atom. The fourth-order valence-electron chi connectivity index (χ4n) is 3.61. The van der Waals surface area contributed by atoms with E-state index in [9.17, 15) is 0 Å². The van der Waals surface area contributed by atoms with Crippen LogP contribution in [0.4, 0.5) is 0 Å².